The van der Waals surface area contributed by atoms with Gasteiger partial charge in [-0.25, -0.2) is 4.39 Å². The van der Waals surface area contributed by atoms with Crippen LogP contribution in [0.5, 0.6) is 5.75 Å². The van der Waals surface area contributed by atoms with Crippen LogP contribution in [-0.4, -0.2) is 5.78 Å². The summed E-state index contributed by atoms with van der Waals surface area (Å²) in [7, 11) is 0. The molecule has 108 valence electrons. The van der Waals surface area contributed by atoms with Crippen LogP contribution in [-0.2, 0) is 13.0 Å². The highest BCUT2D eigenvalue weighted by molar-refractivity contribution is 6.30. The Morgan fingerprint density at radius 3 is 2.81 bits per heavy atom. The maximum Gasteiger partial charge on any atom is 0.163 e. The van der Waals surface area contributed by atoms with Gasteiger partial charge in [-0.2, -0.15) is 0 Å². The van der Waals surface area contributed by atoms with E-state index in [0.717, 1.165) is 24.0 Å². The lowest BCUT2D eigenvalue weighted by Gasteiger charge is -2.16. The number of fused-ring (bicyclic) bond motifs is 1. The number of carbonyl (C=O) groups excluding carboxylic acids is 1. The summed E-state index contributed by atoms with van der Waals surface area (Å²) in [6, 6.07) is 9.98. The Morgan fingerprint density at radius 2 is 2.00 bits per heavy atom. The summed E-state index contributed by atoms with van der Waals surface area (Å²) in [4.78, 5) is 11.9. The summed E-state index contributed by atoms with van der Waals surface area (Å²) >= 11 is 5.71. The van der Waals surface area contributed by atoms with Crippen molar-refractivity contribution in [1.82, 2.24) is 0 Å². The van der Waals surface area contributed by atoms with Gasteiger partial charge in [-0.05, 0) is 42.7 Å². The molecule has 0 N–H and O–H groups in total. The van der Waals surface area contributed by atoms with Crippen LogP contribution in [0, 0.1) is 5.82 Å². The average Bonchev–Trinajstić information content (AvgIpc) is 2.47. The van der Waals surface area contributed by atoms with Gasteiger partial charge < -0.3 is 4.74 Å². The molecule has 3 rings (SSSR count). The number of benzene rings is 2. The summed E-state index contributed by atoms with van der Waals surface area (Å²) < 4.78 is 19.3. The first-order valence-corrected chi connectivity index (χ1v) is 7.24. The van der Waals surface area contributed by atoms with Crippen LogP contribution in [0.15, 0.2) is 36.4 Å². The topological polar surface area (TPSA) is 26.3 Å². The molecule has 0 atom stereocenters. The summed E-state index contributed by atoms with van der Waals surface area (Å²) in [6.45, 7) is 0.107. The molecule has 1 aliphatic rings. The van der Waals surface area contributed by atoms with Gasteiger partial charge in [0.15, 0.2) is 5.78 Å². The Morgan fingerprint density at radius 1 is 1.14 bits per heavy atom. The number of aryl methyl sites for hydroxylation is 1. The molecule has 0 aliphatic heterocycles. The Labute approximate surface area is 127 Å². The minimum atomic E-state index is -0.392. The summed E-state index contributed by atoms with van der Waals surface area (Å²) in [5.74, 6) is 0.342. The van der Waals surface area contributed by atoms with Gasteiger partial charge in [0.05, 0.1) is 0 Å². The average molecular weight is 305 g/mol. The van der Waals surface area contributed by atoms with E-state index in [1.807, 2.05) is 12.1 Å². The molecule has 4 heteroatoms. The van der Waals surface area contributed by atoms with E-state index >= 15 is 0 Å². The van der Waals surface area contributed by atoms with E-state index in [9.17, 15) is 9.18 Å². The molecular weight excluding hydrogens is 291 g/mol. The van der Waals surface area contributed by atoms with Crippen molar-refractivity contribution < 1.29 is 13.9 Å². The predicted octanol–water partition coefficient (Wildman–Crippen LogP) is 4.58. The van der Waals surface area contributed by atoms with Crippen molar-refractivity contribution in [2.45, 2.75) is 25.9 Å². The number of halogens is 2. The molecule has 0 amide bonds. The van der Waals surface area contributed by atoms with E-state index in [1.165, 1.54) is 6.07 Å². The second-order valence-electron chi connectivity index (χ2n) is 5.12. The lowest BCUT2D eigenvalue weighted by Crippen LogP contribution is -2.11. The second-order valence-corrected chi connectivity index (χ2v) is 5.56. The zero-order chi connectivity index (χ0) is 14.8. The number of hydrogen-bond donors (Lipinski definition) is 0. The zero-order valence-corrected chi connectivity index (χ0v) is 12.1. The highest BCUT2D eigenvalue weighted by Crippen LogP contribution is 2.26. The Kier molecular flexibility index (Phi) is 3.93. The highest BCUT2D eigenvalue weighted by Gasteiger charge is 2.17. The first-order chi connectivity index (χ1) is 10.1. The molecular formula is C17H14ClFO2. The molecule has 0 unspecified atom stereocenters. The van der Waals surface area contributed by atoms with E-state index in [0.29, 0.717) is 22.8 Å². The van der Waals surface area contributed by atoms with Crippen LogP contribution in [0.1, 0.15) is 34.3 Å². The van der Waals surface area contributed by atoms with Crippen molar-refractivity contribution >= 4 is 17.4 Å². The smallest absolute Gasteiger partial charge is 0.163 e. The zero-order valence-electron chi connectivity index (χ0n) is 11.4. The van der Waals surface area contributed by atoms with Crippen LogP contribution in [0.4, 0.5) is 4.39 Å². The fraction of sp³-hybridized carbons (Fsp3) is 0.235. The third-order valence-electron chi connectivity index (χ3n) is 3.64. The molecule has 21 heavy (non-hydrogen) atoms. The fourth-order valence-corrected chi connectivity index (χ4v) is 2.66. The first-order valence-electron chi connectivity index (χ1n) is 6.86. The molecule has 0 fully saturated rings. The SMILES string of the molecule is O=C1CCCc2ccc(OCc3ccc(Cl)cc3F)cc21. The maximum atomic E-state index is 13.7. The summed E-state index contributed by atoms with van der Waals surface area (Å²) in [5, 5.41) is 0.357. The first kappa shape index (κ1) is 14.1. The van der Waals surface area contributed by atoms with Crippen LogP contribution >= 0.6 is 11.6 Å². The quantitative estimate of drug-likeness (QED) is 0.830. The second kappa shape index (κ2) is 5.86. The van der Waals surface area contributed by atoms with E-state index in [2.05, 4.69) is 0 Å². The van der Waals surface area contributed by atoms with Gasteiger partial charge in [-0.3, -0.25) is 4.79 Å². The van der Waals surface area contributed by atoms with Crippen molar-refractivity contribution in [3.63, 3.8) is 0 Å². The van der Waals surface area contributed by atoms with Gasteiger partial charge in [-0.15, -0.1) is 0 Å². The number of hydrogen-bond acceptors (Lipinski definition) is 2. The Bertz CT molecular complexity index is 697. The van der Waals surface area contributed by atoms with Gasteiger partial charge in [0, 0.05) is 22.6 Å². The van der Waals surface area contributed by atoms with Crippen molar-refractivity contribution in [3.8, 4) is 5.75 Å². The lowest BCUT2D eigenvalue weighted by atomic mass is 9.90. The number of rotatable bonds is 3. The monoisotopic (exact) mass is 304 g/mol. The van der Waals surface area contributed by atoms with Gasteiger partial charge >= 0.3 is 0 Å². The molecule has 0 saturated carbocycles. The molecule has 2 aromatic carbocycles. The molecule has 0 spiro atoms. The molecule has 0 bridgehead atoms. The van der Waals surface area contributed by atoms with Crippen LogP contribution in [0.25, 0.3) is 0 Å². The van der Waals surface area contributed by atoms with E-state index < -0.39 is 5.82 Å². The standard InChI is InChI=1S/C17H14ClFO2/c18-13-6-4-12(16(19)8-13)10-21-14-7-5-11-2-1-3-17(20)15(11)9-14/h4-9H,1-3,10H2. The van der Waals surface area contributed by atoms with Gasteiger partial charge in [0.2, 0.25) is 0 Å². The predicted molar refractivity (Wildman–Crippen MR) is 79.5 cm³/mol. The highest BCUT2D eigenvalue weighted by atomic mass is 35.5. The number of ether oxygens (including phenoxy) is 1. The van der Waals surface area contributed by atoms with Crippen molar-refractivity contribution in [1.29, 1.82) is 0 Å². The normalized spacial score (nSPS) is 13.9. The molecule has 0 saturated heterocycles. The number of Topliss-reactive ketones (excluding diaryl/α,β-unsaturated/α-hetero) is 1. The molecule has 2 aromatic rings. The minimum Gasteiger partial charge on any atom is -0.489 e. The molecule has 2 nitrogen and oxygen atoms in total. The van der Waals surface area contributed by atoms with Crippen molar-refractivity contribution in [2.75, 3.05) is 0 Å². The van der Waals surface area contributed by atoms with E-state index in [-0.39, 0.29) is 12.4 Å². The molecule has 0 heterocycles. The number of ketones is 1. The third kappa shape index (κ3) is 3.08. The van der Waals surface area contributed by atoms with Crippen LogP contribution < -0.4 is 4.74 Å². The lowest BCUT2D eigenvalue weighted by molar-refractivity contribution is 0.0972. The summed E-state index contributed by atoms with van der Waals surface area (Å²) in [6.07, 6.45) is 2.41. The number of carbonyl (C=O) groups is 1. The molecule has 0 aromatic heterocycles. The van der Waals surface area contributed by atoms with Gasteiger partial charge in [0.25, 0.3) is 0 Å². The fourth-order valence-electron chi connectivity index (χ4n) is 2.50. The van der Waals surface area contributed by atoms with E-state index in [4.69, 9.17) is 16.3 Å². The van der Waals surface area contributed by atoms with Crippen molar-refractivity contribution in [3.05, 3.63) is 63.9 Å². The van der Waals surface area contributed by atoms with Gasteiger partial charge in [0.1, 0.15) is 18.2 Å². The Balaban J connectivity index is 1.76. The molecule has 1 aliphatic carbocycles. The van der Waals surface area contributed by atoms with Crippen LogP contribution in [0.3, 0.4) is 0 Å². The minimum absolute atomic E-state index is 0.107. The van der Waals surface area contributed by atoms with E-state index in [1.54, 1.807) is 18.2 Å². The maximum absolute atomic E-state index is 13.7. The van der Waals surface area contributed by atoms with Crippen LogP contribution in [0.2, 0.25) is 5.02 Å². The van der Waals surface area contributed by atoms with Crippen molar-refractivity contribution in [2.24, 2.45) is 0 Å². The third-order valence-corrected chi connectivity index (χ3v) is 3.88. The summed E-state index contributed by atoms with van der Waals surface area (Å²) in [5.41, 5.74) is 2.23. The molecule has 0 radical (unpaired) electrons. The largest absolute Gasteiger partial charge is 0.489 e. The Hall–Kier alpha value is -1.87. The van der Waals surface area contributed by atoms with Gasteiger partial charge in [-0.1, -0.05) is 23.7 Å².